The van der Waals surface area contributed by atoms with Gasteiger partial charge < -0.3 is 10.0 Å². The zero-order valence-corrected chi connectivity index (χ0v) is 13.1. The summed E-state index contributed by atoms with van der Waals surface area (Å²) in [6, 6.07) is 6.59. The molecule has 1 aromatic carbocycles. The topological polar surface area (TPSA) is 40.5 Å². The first-order valence-electron chi connectivity index (χ1n) is 8.03. The molecule has 1 fully saturated rings. The second-order valence-corrected chi connectivity index (χ2v) is 7.06. The number of hydrogen-bond donors (Lipinski definition) is 1. The molecule has 1 unspecified atom stereocenters. The van der Waals surface area contributed by atoms with E-state index < -0.39 is 6.61 Å². The Morgan fingerprint density at radius 3 is 2.81 bits per heavy atom. The van der Waals surface area contributed by atoms with Crippen molar-refractivity contribution in [3.05, 3.63) is 34.9 Å². The van der Waals surface area contributed by atoms with E-state index in [4.69, 9.17) is 5.11 Å². The van der Waals surface area contributed by atoms with Crippen LogP contribution in [0.1, 0.15) is 48.2 Å². The zero-order valence-electron chi connectivity index (χ0n) is 13.1. The first-order chi connectivity index (χ1) is 10.0. The molecule has 1 N–H and O–H groups in total. The maximum Gasteiger partial charge on any atom is 0.188 e. The van der Waals surface area contributed by atoms with Crippen LogP contribution in [0.2, 0.25) is 0 Å². The molecule has 1 aliphatic heterocycles. The maximum absolute atomic E-state index is 11.7. The molecule has 21 heavy (non-hydrogen) atoms. The predicted molar refractivity (Wildman–Crippen MR) is 83.6 cm³/mol. The Morgan fingerprint density at radius 2 is 2.14 bits per heavy atom. The molecule has 114 valence electrons. The van der Waals surface area contributed by atoms with E-state index in [9.17, 15) is 4.79 Å². The lowest BCUT2D eigenvalue weighted by molar-refractivity contribution is 0.0903. The number of hydrogen-bond acceptors (Lipinski definition) is 3. The summed E-state index contributed by atoms with van der Waals surface area (Å²) >= 11 is 0. The van der Waals surface area contributed by atoms with Crippen molar-refractivity contribution in [2.24, 2.45) is 5.41 Å². The third kappa shape index (κ3) is 2.77. The Labute approximate surface area is 127 Å². The van der Waals surface area contributed by atoms with Gasteiger partial charge in [-0.1, -0.05) is 12.1 Å². The van der Waals surface area contributed by atoms with E-state index in [0.29, 0.717) is 17.0 Å². The molecule has 0 amide bonds. The third-order valence-corrected chi connectivity index (χ3v) is 5.36. The van der Waals surface area contributed by atoms with Gasteiger partial charge in [-0.2, -0.15) is 0 Å². The number of likely N-dealkylation sites (tertiary alicyclic amines) is 1. The lowest BCUT2D eigenvalue weighted by atomic mass is 9.70. The van der Waals surface area contributed by atoms with Gasteiger partial charge in [0.05, 0.1) is 0 Å². The largest absolute Gasteiger partial charge is 0.388 e. The van der Waals surface area contributed by atoms with Crippen molar-refractivity contribution < 1.29 is 9.90 Å². The van der Waals surface area contributed by atoms with Crippen LogP contribution in [0.4, 0.5) is 0 Å². The summed E-state index contributed by atoms with van der Waals surface area (Å²) in [4.78, 5) is 14.3. The smallest absolute Gasteiger partial charge is 0.188 e. The number of aliphatic hydroxyl groups is 1. The standard InChI is InChI=1S/C18H25NO2/c1-13(2)19-8-7-18(12-19)6-5-14-3-4-15(17(21)11-20)9-16(14)10-18/h3-4,9,13,20H,5-8,10-12H2,1-2H3. The molecule has 2 aliphatic rings. The van der Waals surface area contributed by atoms with E-state index in [1.54, 1.807) is 0 Å². The van der Waals surface area contributed by atoms with Crippen LogP contribution in [0.3, 0.4) is 0 Å². The van der Waals surface area contributed by atoms with Crippen molar-refractivity contribution in [3.63, 3.8) is 0 Å². The maximum atomic E-state index is 11.7. The molecule has 1 heterocycles. The minimum atomic E-state index is -0.398. The molecule has 0 bridgehead atoms. The van der Waals surface area contributed by atoms with Crippen molar-refractivity contribution in [2.75, 3.05) is 19.7 Å². The number of aryl methyl sites for hydroxylation is 1. The Morgan fingerprint density at radius 1 is 1.33 bits per heavy atom. The summed E-state index contributed by atoms with van der Waals surface area (Å²) in [5.41, 5.74) is 3.77. The zero-order chi connectivity index (χ0) is 15.0. The lowest BCUT2D eigenvalue weighted by Gasteiger charge is -2.35. The highest BCUT2D eigenvalue weighted by Gasteiger charge is 2.41. The molecule has 3 heteroatoms. The van der Waals surface area contributed by atoms with E-state index in [2.05, 4.69) is 24.8 Å². The third-order valence-electron chi connectivity index (χ3n) is 5.36. The molecule has 0 radical (unpaired) electrons. The van der Waals surface area contributed by atoms with Crippen LogP contribution in [0.5, 0.6) is 0 Å². The van der Waals surface area contributed by atoms with E-state index in [1.807, 2.05) is 12.1 Å². The Bertz CT molecular complexity index is 552. The summed E-state index contributed by atoms with van der Waals surface area (Å²) in [5, 5.41) is 9.04. The lowest BCUT2D eigenvalue weighted by Crippen LogP contribution is -2.35. The van der Waals surface area contributed by atoms with Crippen LogP contribution in [-0.4, -0.2) is 41.5 Å². The van der Waals surface area contributed by atoms with E-state index >= 15 is 0 Å². The van der Waals surface area contributed by atoms with E-state index in [0.717, 1.165) is 12.8 Å². The van der Waals surface area contributed by atoms with Gasteiger partial charge in [0.1, 0.15) is 6.61 Å². The average Bonchev–Trinajstić information content (AvgIpc) is 2.89. The highest BCUT2D eigenvalue weighted by molar-refractivity contribution is 5.97. The van der Waals surface area contributed by atoms with E-state index in [1.165, 1.54) is 37.1 Å². The molecule has 1 saturated heterocycles. The van der Waals surface area contributed by atoms with Crippen LogP contribution in [0, 0.1) is 5.41 Å². The van der Waals surface area contributed by atoms with Crippen molar-refractivity contribution in [1.82, 2.24) is 4.90 Å². The van der Waals surface area contributed by atoms with Gasteiger partial charge in [0.25, 0.3) is 0 Å². The summed E-state index contributed by atoms with van der Waals surface area (Å²) in [7, 11) is 0. The minimum absolute atomic E-state index is 0.173. The number of Topliss-reactive ketones (excluding diaryl/α,β-unsaturated/α-hetero) is 1. The molecular weight excluding hydrogens is 262 g/mol. The normalized spacial score (nSPS) is 25.5. The second kappa shape index (κ2) is 5.54. The highest BCUT2D eigenvalue weighted by Crippen LogP contribution is 2.43. The number of ketones is 1. The van der Waals surface area contributed by atoms with Crippen LogP contribution >= 0.6 is 0 Å². The summed E-state index contributed by atoms with van der Waals surface area (Å²) in [6.45, 7) is 6.53. The molecular formula is C18H25NO2. The average molecular weight is 287 g/mol. The SMILES string of the molecule is CC(C)N1CCC2(CCc3ccc(C(=O)CO)cc3C2)C1. The van der Waals surface area contributed by atoms with Gasteiger partial charge in [0, 0.05) is 18.2 Å². The van der Waals surface area contributed by atoms with Crippen molar-refractivity contribution >= 4 is 5.78 Å². The molecule has 0 aromatic heterocycles. The molecule has 1 atom stereocenters. The van der Waals surface area contributed by atoms with Gasteiger partial charge in [0.2, 0.25) is 0 Å². The Hall–Kier alpha value is -1.19. The van der Waals surface area contributed by atoms with Crippen LogP contribution in [0.25, 0.3) is 0 Å². The summed E-state index contributed by atoms with van der Waals surface area (Å²) < 4.78 is 0. The van der Waals surface area contributed by atoms with Gasteiger partial charge in [-0.25, -0.2) is 0 Å². The van der Waals surface area contributed by atoms with Gasteiger partial charge in [0.15, 0.2) is 5.78 Å². The molecule has 1 spiro atoms. The first kappa shape index (κ1) is 14.7. The molecule has 3 nitrogen and oxygen atoms in total. The number of nitrogens with zero attached hydrogens (tertiary/aromatic N) is 1. The fraction of sp³-hybridized carbons (Fsp3) is 0.611. The van der Waals surface area contributed by atoms with Gasteiger partial charge >= 0.3 is 0 Å². The van der Waals surface area contributed by atoms with Gasteiger partial charge in [-0.15, -0.1) is 0 Å². The highest BCUT2D eigenvalue weighted by atomic mass is 16.3. The number of aliphatic hydroxyl groups excluding tert-OH is 1. The van der Waals surface area contributed by atoms with Gasteiger partial charge in [-0.3, -0.25) is 4.79 Å². The van der Waals surface area contributed by atoms with Crippen molar-refractivity contribution in [1.29, 1.82) is 0 Å². The van der Waals surface area contributed by atoms with Gasteiger partial charge in [-0.05, 0) is 68.7 Å². The fourth-order valence-corrected chi connectivity index (χ4v) is 3.95. The van der Waals surface area contributed by atoms with Crippen LogP contribution in [-0.2, 0) is 12.8 Å². The monoisotopic (exact) mass is 287 g/mol. The Balaban J connectivity index is 1.83. The second-order valence-electron chi connectivity index (χ2n) is 7.06. The van der Waals surface area contributed by atoms with Crippen molar-refractivity contribution in [2.45, 2.75) is 45.6 Å². The summed E-state index contributed by atoms with van der Waals surface area (Å²) in [5.74, 6) is -0.173. The number of benzene rings is 1. The molecule has 1 aliphatic carbocycles. The number of carbonyl (C=O) groups excluding carboxylic acids is 1. The number of rotatable bonds is 3. The Kier molecular flexibility index (Phi) is 3.89. The number of fused-ring (bicyclic) bond motifs is 1. The number of carbonyl (C=O) groups is 1. The van der Waals surface area contributed by atoms with E-state index in [-0.39, 0.29) is 5.78 Å². The summed E-state index contributed by atoms with van der Waals surface area (Å²) in [6.07, 6.45) is 4.73. The first-order valence-corrected chi connectivity index (χ1v) is 8.03. The predicted octanol–water partition coefficient (Wildman–Crippen LogP) is 2.45. The van der Waals surface area contributed by atoms with Crippen LogP contribution in [0.15, 0.2) is 18.2 Å². The minimum Gasteiger partial charge on any atom is -0.388 e. The van der Waals surface area contributed by atoms with Crippen LogP contribution < -0.4 is 0 Å². The molecule has 0 saturated carbocycles. The molecule has 1 aromatic rings. The quantitative estimate of drug-likeness (QED) is 0.868. The fourth-order valence-electron chi connectivity index (χ4n) is 3.95. The molecule has 3 rings (SSSR count). The van der Waals surface area contributed by atoms with Crippen molar-refractivity contribution in [3.8, 4) is 0 Å².